The minimum Gasteiger partial charge on any atom is -1.00 e. The van der Waals surface area contributed by atoms with Gasteiger partial charge in [-0.3, -0.25) is 4.79 Å². The Hall–Kier alpha value is 0.790. The molecule has 1 radical (unpaired) electrons. The number of hydrogen-bond donors (Lipinski definition) is 4. The summed E-state index contributed by atoms with van der Waals surface area (Å²) in [7, 11) is 7.89. The molecule has 18 heteroatoms. The van der Waals surface area contributed by atoms with Crippen molar-refractivity contribution in [1.29, 1.82) is 0 Å². The third-order valence-electron chi connectivity index (χ3n) is 6.90. The number of halogens is 2. The van der Waals surface area contributed by atoms with Crippen LogP contribution in [0.15, 0.2) is 93.7 Å². The van der Waals surface area contributed by atoms with E-state index >= 15 is 0 Å². The number of carbonyl (C=O) groups excluding carboxylic acids is 1. The van der Waals surface area contributed by atoms with Gasteiger partial charge in [0, 0.05) is 4.47 Å². The number of hydrogen-bond acceptors (Lipinski definition) is 11. The molecule has 61 heavy (non-hydrogen) atoms. The first-order valence-electron chi connectivity index (χ1n) is 18.6. The fourth-order valence-corrected chi connectivity index (χ4v) is 4.41. The van der Waals surface area contributed by atoms with Crippen LogP contribution in [0.1, 0.15) is 85.0 Å². The number of carbonyl (C=O) groups is 1. The summed E-state index contributed by atoms with van der Waals surface area (Å²) in [6.07, 6.45) is 6.10. The summed E-state index contributed by atoms with van der Waals surface area (Å²) in [4.78, 5) is 13.2. The molecule has 4 aromatic carbocycles. The van der Waals surface area contributed by atoms with E-state index in [4.69, 9.17) is 39.4 Å². The van der Waals surface area contributed by atoms with Crippen molar-refractivity contribution < 1.29 is 167 Å². The molecule has 0 spiro atoms. The second kappa shape index (κ2) is 60.8. The fraction of sp³-hybridized carbons (Fsp3) is 0.395. The molecule has 0 aliphatic carbocycles. The van der Waals surface area contributed by atoms with Crippen molar-refractivity contribution in [2.75, 3.05) is 26.3 Å². The Morgan fingerprint density at radius 3 is 1.49 bits per heavy atom. The molecule has 0 aliphatic heterocycles. The van der Waals surface area contributed by atoms with Gasteiger partial charge in [0.15, 0.2) is 0 Å². The molecule has 0 saturated heterocycles. The predicted octanol–water partition coefficient (Wildman–Crippen LogP) is 0.610. The normalized spacial score (nSPS) is 8.02. The topological polar surface area (TPSA) is 150 Å². The summed E-state index contributed by atoms with van der Waals surface area (Å²) >= 11 is 8.81. The van der Waals surface area contributed by atoms with Gasteiger partial charge in [-0.2, -0.15) is 6.42 Å². The van der Waals surface area contributed by atoms with Crippen molar-refractivity contribution in [3.63, 3.8) is 0 Å². The molecule has 0 aliphatic rings. The average molecular weight is 1090 g/mol. The van der Waals surface area contributed by atoms with Crippen molar-refractivity contribution in [2.45, 2.75) is 87.0 Å². The minimum absolute atomic E-state index is 0. The molecule has 4 rings (SSSR count). The third kappa shape index (κ3) is 47.1. The summed E-state index contributed by atoms with van der Waals surface area (Å²) in [5.41, 5.74) is 5.22. The van der Waals surface area contributed by atoms with E-state index in [2.05, 4.69) is 115 Å². The van der Waals surface area contributed by atoms with Crippen molar-refractivity contribution >= 4 is 78.0 Å². The van der Waals surface area contributed by atoms with Crippen LogP contribution in [0.4, 0.5) is 0 Å². The molecular formula is C43H67B2BrIK2LiNO9S. The average Bonchev–Trinajstić information content (AvgIpc) is 3.28. The Bertz CT molecular complexity index is 1530. The second-order valence-corrected chi connectivity index (χ2v) is 11.6. The van der Waals surface area contributed by atoms with E-state index in [1.54, 1.807) is 45.6 Å². The zero-order valence-electron chi connectivity index (χ0n) is 40.2. The molecule has 0 amide bonds. The van der Waals surface area contributed by atoms with Gasteiger partial charge in [0.2, 0.25) is 0 Å². The summed E-state index contributed by atoms with van der Waals surface area (Å²) < 4.78 is 19.0. The fourth-order valence-electron chi connectivity index (χ4n) is 3.88. The molecule has 0 heterocycles. The number of aromatic hydroxyl groups is 1. The molecule has 0 unspecified atom stereocenters. The number of thiol groups is 1. The number of nitrogens with zero attached hydrogens (tertiary/aromatic N) is 1. The van der Waals surface area contributed by atoms with Crippen molar-refractivity contribution in [2.24, 2.45) is 4.30 Å². The smallest absolute Gasteiger partial charge is 1.00 e. The van der Waals surface area contributed by atoms with E-state index in [0.717, 1.165) is 59.4 Å². The maximum Gasteiger partial charge on any atom is 1.00 e. The SMILES string of the molecule is CC.CCc1cc(OC)ccc1B(O)O.CCc1cc(OC)ccc1Br.CCc1cccc(O)c1.CCc1cccc(OC)c1.CI.O=CO[O-].[B]=NS.[CH2-]CCC.[H-].[K+].[K+].[Li+]. The van der Waals surface area contributed by atoms with Crippen LogP contribution in [0.2, 0.25) is 0 Å². The number of aryl methyl sites for hydroxylation is 4. The molecule has 0 fully saturated rings. The summed E-state index contributed by atoms with van der Waals surface area (Å²) in [6.45, 7) is 17.8. The molecule has 0 aromatic heterocycles. The maximum absolute atomic E-state index is 9.01. The quantitative estimate of drug-likeness (QED) is 0.0262. The van der Waals surface area contributed by atoms with E-state index in [0.29, 0.717) is 11.2 Å². The summed E-state index contributed by atoms with van der Waals surface area (Å²) in [6, 6.07) is 26.6. The van der Waals surface area contributed by atoms with E-state index < -0.39 is 7.12 Å². The summed E-state index contributed by atoms with van der Waals surface area (Å²) in [5, 5.41) is 35.4. The molecule has 3 N–H and O–H groups in total. The van der Waals surface area contributed by atoms with E-state index in [9.17, 15) is 0 Å². The zero-order valence-corrected chi connectivity index (χ0v) is 50.1. The van der Waals surface area contributed by atoms with Crippen LogP contribution >= 0.6 is 51.3 Å². The minimum atomic E-state index is -1.40. The number of phenolic OH excluding ortho intramolecular Hbond substituents is 1. The van der Waals surface area contributed by atoms with Crippen LogP contribution in [-0.2, 0) is 35.4 Å². The van der Waals surface area contributed by atoms with Crippen LogP contribution in [0.3, 0.4) is 0 Å². The first-order valence-corrected chi connectivity index (χ1v) is 21.9. The molecule has 4 aromatic rings. The molecule has 327 valence electrons. The number of rotatable bonds is 10. The van der Waals surface area contributed by atoms with Gasteiger partial charge in [-0.15, -0.1) is 0 Å². The number of benzene rings is 4. The van der Waals surface area contributed by atoms with Gasteiger partial charge in [-0.05, 0) is 113 Å². The Balaban J connectivity index is -0.0000000768. The van der Waals surface area contributed by atoms with Crippen LogP contribution in [0.25, 0.3) is 0 Å². The first kappa shape index (κ1) is 78.9. The Morgan fingerprint density at radius 2 is 1.16 bits per heavy atom. The van der Waals surface area contributed by atoms with E-state index in [-0.39, 0.29) is 130 Å². The molecular weight excluding hydrogens is 1020 g/mol. The van der Waals surface area contributed by atoms with Gasteiger partial charge in [0.1, 0.15) is 23.0 Å². The number of ether oxygens (including phenoxy) is 3. The van der Waals surface area contributed by atoms with Crippen molar-refractivity contribution in [3.8, 4) is 23.0 Å². The van der Waals surface area contributed by atoms with Gasteiger partial charge in [-0.25, -0.2) is 0 Å². The number of phenols is 1. The Morgan fingerprint density at radius 1 is 0.787 bits per heavy atom. The number of unbranched alkanes of at least 4 members (excludes halogenated alkanes) is 1. The molecule has 0 saturated carbocycles. The van der Waals surface area contributed by atoms with Gasteiger partial charge in [0.25, 0.3) is 6.47 Å². The molecule has 10 nitrogen and oxygen atoms in total. The van der Waals surface area contributed by atoms with Gasteiger partial charge < -0.3 is 47.9 Å². The van der Waals surface area contributed by atoms with E-state index in [1.165, 1.54) is 23.1 Å². The van der Waals surface area contributed by atoms with Crippen LogP contribution in [0, 0.1) is 6.92 Å². The standard InChI is InChI=1S/C9H13BO3.C9H11BrO.C9H12O.C8H10O.C4H9.C2H6.CH3I.CH2O3.BHNS.2K.Li.H/c1-3-7-6-8(13-2)4-5-9(7)10(11)12;1-3-7-6-8(11-2)4-5-9(7)10;1-3-8-5-4-6-9(7-8)10-2;1-2-7-4-3-5-8(9)6-7;1-3-4-2;2*1-2;2-1-4-3;1-2-3;;;;/h4-6,11-12H,3H2,1-2H3;4-6H,3H2,1-2H3;4-7H,3H2,1-2H3;3-6,9H,2H2,1H3;1,3-4H2,2H3;1-2H3;1H3;1,3H;3H;;;;/q;;;;-1;;;;;3*+1;-1/p-1. The largest absolute Gasteiger partial charge is 1.00 e. The van der Waals surface area contributed by atoms with Crippen LogP contribution in [0.5, 0.6) is 23.0 Å². The zero-order chi connectivity index (χ0) is 45.7. The molecule has 0 bridgehead atoms. The molecule has 0 atom stereocenters. The van der Waals surface area contributed by atoms with Crippen LogP contribution < -0.4 is 147 Å². The second-order valence-electron chi connectivity index (χ2n) is 10.5. The van der Waals surface area contributed by atoms with Gasteiger partial charge in [0.05, 0.1) is 21.3 Å². The van der Waals surface area contributed by atoms with E-state index in [1.807, 2.05) is 74.2 Å². The summed E-state index contributed by atoms with van der Waals surface area (Å²) in [5.74, 6) is 2.96. The van der Waals surface area contributed by atoms with Gasteiger partial charge >= 0.3 is 154 Å². The Kier molecular flexibility index (Phi) is 78.6. The number of methoxy groups -OCH3 is 3. The van der Waals surface area contributed by atoms with Crippen molar-refractivity contribution in [3.05, 3.63) is 119 Å². The third-order valence-corrected chi connectivity index (χ3v) is 7.67. The first-order chi connectivity index (χ1) is 27.9. The number of alkyl halides is 1. The monoisotopic (exact) mass is 1090 g/mol. The maximum atomic E-state index is 9.01. The Labute approximate surface area is 496 Å². The predicted molar refractivity (Wildman–Crippen MR) is 259 cm³/mol. The van der Waals surface area contributed by atoms with Crippen LogP contribution in [-0.4, -0.2) is 62.6 Å². The van der Waals surface area contributed by atoms with Gasteiger partial charge in [-0.1, -0.05) is 124 Å². The van der Waals surface area contributed by atoms with Crippen molar-refractivity contribution in [1.82, 2.24) is 0 Å².